The Hall–Kier alpha value is -1.67. The Kier molecular flexibility index (Phi) is 3.78. The average Bonchev–Trinajstić information content (AvgIpc) is 2.35. The van der Waals surface area contributed by atoms with Gasteiger partial charge in [0.25, 0.3) is 0 Å². The van der Waals surface area contributed by atoms with Gasteiger partial charge in [-0.05, 0) is 43.2 Å². The predicted molar refractivity (Wildman–Crippen MR) is 73.2 cm³/mol. The number of aryl methyl sites for hydroxylation is 2. The third-order valence-corrected chi connectivity index (χ3v) is 3.05. The smallest absolute Gasteiger partial charge is 0.169 e. The van der Waals surface area contributed by atoms with Crippen molar-refractivity contribution in [2.45, 2.75) is 20.3 Å². The van der Waals surface area contributed by atoms with E-state index in [-0.39, 0.29) is 5.78 Å². The molecule has 0 radical (unpaired) electrons. The number of benzene rings is 1. The zero-order valence-electron chi connectivity index (χ0n) is 10.4. The molecule has 0 aliphatic heterocycles. The van der Waals surface area contributed by atoms with Crippen LogP contribution in [0.4, 0.5) is 0 Å². The van der Waals surface area contributed by atoms with Gasteiger partial charge in [-0.1, -0.05) is 23.7 Å². The molecule has 0 aliphatic carbocycles. The first-order chi connectivity index (χ1) is 8.56. The van der Waals surface area contributed by atoms with Crippen LogP contribution in [0.25, 0.3) is 0 Å². The number of hydrogen-bond acceptors (Lipinski definition) is 2. The van der Waals surface area contributed by atoms with Gasteiger partial charge in [-0.25, -0.2) is 0 Å². The molecule has 0 spiro atoms. The molecule has 2 rings (SSSR count). The minimum atomic E-state index is 0.0475. The molecule has 92 valence electrons. The highest BCUT2D eigenvalue weighted by Crippen LogP contribution is 2.17. The molecule has 3 heteroatoms. The molecule has 0 aliphatic rings. The predicted octanol–water partition coefficient (Wildman–Crippen LogP) is 3.78. The lowest BCUT2D eigenvalue weighted by Crippen LogP contribution is -2.07. The molecule has 1 aromatic carbocycles. The summed E-state index contributed by atoms with van der Waals surface area (Å²) >= 11 is 5.92. The summed E-state index contributed by atoms with van der Waals surface area (Å²) in [5.74, 6) is 0.0475. The summed E-state index contributed by atoms with van der Waals surface area (Å²) in [4.78, 5) is 16.4. The van der Waals surface area contributed by atoms with Crippen LogP contribution in [0.2, 0.25) is 5.02 Å². The van der Waals surface area contributed by atoms with Crippen LogP contribution in [0.1, 0.15) is 27.2 Å². The van der Waals surface area contributed by atoms with E-state index in [1.807, 2.05) is 32.0 Å². The van der Waals surface area contributed by atoms with Crippen LogP contribution >= 0.6 is 11.6 Å². The van der Waals surface area contributed by atoms with Crippen molar-refractivity contribution < 1.29 is 4.79 Å². The van der Waals surface area contributed by atoms with Gasteiger partial charge in [0.2, 0.25) is 0 Å². The van der Waals surface area contributed by atoms with Gasteiger partial charge in [-0.3, -0.25) is 9.78 Å². The summed E-state index contributed by atoms with van der Waals surface area (Å²) in [6, 6.07) is 9.21. The van der Waals surface area contributed by atoms with Gasteiger partial charge in [0.1, 0.15) is 0 Å². The third-order valence-electron chi connectivity index (χ3n) is 2.81. The number of Topliss-reactive ketones (excluding diaryl/α,β-unsaturated/α-hetero) is 1. The molecule has 0 saturated heterocycles. The van der Waals surface area contributed by atoms with Crippen LogP contribution in [-0.4, -0.2) is 10.8 Å². The molecule has 0 saturated carbocycles. The van der Waals surface area contributed by atoms with E-state index in [1.165, 1.54) is 0 Å². The SMILES string of the molecule is Cc1ccc(CC(=O)c2cc(Cl)ccc2C)nc1. The standard InChI is InChI=1S/C15H14ClNO/c1-10-3-6-13(17-9-10)8-15(18)14-7-12(16)5-4-11(14)2/h3-7,9H,8H2,1-2H3. The fourth-order valence-corrected chi connectivity index (χ4v) is 1.93. The lowest BCUT2D eigenvalue weighted by molar-refractivity contribution is 0.0991. The molecule has 18 heavy (non-hydrogen) atoms. The van der Waals surface area contributed by atoms with Crippen LogP contribution < -0.4 is 0 Å². The van der Waals surface area contributed by atoms with E-state index in [1.54, 1.807) is 18.3 Å². The van der Waals surface area contributed by atoms with E-state index in [4.69, 9.17) is 11.6 Å². The van der Waals surface area contributed by atoms with Crippen LogP contribution in [-0.2, 0) is 6.42 Å². The molecule has 0 atom stereocenters. The largest absolute Gasteiger partial charge is 0.294 e. The third kappa shape index (κ3) is 2.96. The lowest BCUT2D eigenvalue weighted by Gasteiger charge is -2.05. The minimum absolute atomic E-state index is 0.0475. The number of aromatic nitrogens is 1. The number of ketones is 1. The van der Waals surface area contributed by atoms with Crippen molar-refractivity contribution in [1.29, 1.82) is 0 Å². The van der Waals surface area contributed by atoms with Crippen molar-refractivity contribution >= 4 is 17.4 Å². The van der Waals surface area contributed by atoms with Gasteiger partial charge in [0.05, 0.1) is 6.42 Å². The highest BCUT2D eigenvalue weighted by Gasteiger charge is 2.11. The minimum Gasteiger partial charge on any atom is -0.294 e. The second kappa shape index (κ2) is 5.32. The lowest BCUT2D eigenvalue weighted by atomic mass is 10.0. The van der Waals surface area contributed by atoms with E-state index < -0.39 is 0 Å². The average molecular weight is 260 g/mol. The number of carbonyl (C=O) groups excluding carboxylic acids is 1. The summed E-state index contributed by atoms with van der Waals surface area (Å²) in [5, 5.41) is 0.584. The molecule has 0 N–H and O–H groups in total. The number of hydrogen-bond donors (Lipinski definition) is 0. The number of halogens is 1. The fraction of sp³-hybridized carbons (Fsp3) is 0.200. The van der Waals surface area contributed by atoms with Gasteiger partial charge >= 0.3 is 0 Å². The molecule has 2 nitrogen and oxygen atoms in total. The maximum Gasteiger partial charge on any atom is 0.169 e. The first kappa shape index (κ1) is 12.8. The molecule has 2 aromatic rings. The molecule has 0 unspecified atom stereocenters. The second-order valence-corrected chi connectivity index (χ2v) is 4.82. The summed E-state index contributed by atoms with van der Waals surface area (Å²) in [7, 11) is 0. The molecule has 1 heterocycles. The number of pyridine rings is 1. The molecule has 0 fully saturated rings. The quantitative estimate of drug-likeness (QED) is 0.786. The zero-order valence-corrected chi connectivity index (χ0v) is 11.2. The maximum atomic E-state index is 12.2. The Labute approximate surface area is 112 Å². The molecular weight excluding hydrogens is 246 g/mol. The Morgan fingerprint density at radius 1 is 1.22 bits per heavy atom. The van der Waals surface area contributed by atoms with Crippen LogP contribution in [0, 0.1) is 13.8 Å². The first-order valence-corrected chi connectivity index (χ1v) is 6.15. The maximum absolute atomic E-state index is 12.2. The van der Waals surface area contributed by atoms with Gasteiger partial charge in [0, 0.05) is 22.5 Å². The van der Waals surface area contributed by atoms with Gasteiger partial charge in [-0.15, -0.1) is 0 Å². The van der Waals surface area contributed by atoms with Crippen LogP contribution in [0.3, 0.4) is 0 Å². The van der Waals surface area contributed by atoms with E-state index in [0.29, 0.717) is 17.0 Å². The number of carbonyl (C=O) groups is 1. The van der Waals surface area contributed by atoms with E-state index in [2.05, 4.69) is 4.98 Å². The van der Waals surface area contributed by atoms with E-state index in [0.717, 1.165) is 16.8 Å². The zero-order chi connectivity index (χ0) is 13.1. The summed E-state index contributed by atoms with van der Waals surface area (Å²) in [6.07, 6.45) is 2.08. The van der Waals surface area contributed by atoms with E-state index in [9.17, 15) is 4.79 Å². The van der Waals surface area contributed by atoms with Crippen molar-refractivity contribution in [3.8, 4) is 0 Å². The molecule has 0 amide bonds. The number of nitrogens with zero attached hydrogens (tertiary/aromatic N) is 1. The van der Waals surface area contributed by atoms with Gasteiger partial charge in [0.15, 0.2) is 5.78 Å². The molecular formula is C15H14ClNO. The second-order valence-electron chi connectivity index (χ2n) is 4.39. The van der Waals surface area contributed by atoms with Crippen molar-refractivity contribution in [3.63, 3.8) is 0 Å². The summed E-state index contributed by atoms with van der Waals surface area (Å²) < 4.78 is 0. The van der Waals surface area contributed by atoms with E-state index >= 15 is 0 Å². The Morgan fingerprint density at radius 3 is 2.67 bits per heavy atom. The molecule has 0 bridgehead atoms. The topological polar surface area (TPSA) is 30.0 Å². The molecule has 1 aromatic heterocycles. The van der Waals surface area contributed by atoms with Gasteiger partial charge in [-0.2, -0.15) is 0 Å². The first-order valence-electron chi connectivity index (χ1n) is 5.77. The summed E-state index contributed by atoms with van der Waals surface area (Å²) in [6.45, 7) is 3.88. The van der Waals surface area contributed by atoms with Crippen molar-refractivity contribution in [2.24, 2.45) is 0 Å². The van der Waals surface area contributed by atoms with Gasteiger partial charge < -0.3 is 0 Å². The summed E-state index contributed by atoms with van der Waals surface area (Å²) in [5.41, 5.74) is 3.48. The van der Waals surface area contributed by atoms with Crippen molar-refractivity contribution in [3.05, 3.63) is 63.9 Å². The monoisotopic (exact) mass is 259 g/mol. The highest BCUT2D eigenvalue weighted by molar-refractivity contribution is 6.31. The fourth-order valence-electron chi connectivity index (χ4n) is 1.76. The Bertz CT molecular complexity index is 576. The van der Waals surface area contributed by atoms with Crippen LogP contribution in [0.5, 0.6) is 0 Å². The van der Waals surface area contributed by atoms with Crippen LogP contribution in [0.15, 0.2) is 36.5 Å². The normalized spacial score (nSPS) is 10.4. The number of rotatable bonds is 3. The van der Waals surface area contributed by atoms with Crippen molar-refractivity contribution in [2.75, 3.05) is 0 Å². The Morgan fingerprint density at radius 2 is 2.00 bits per heavy atom. The highest BCUT2D eigenvalue weighted by atomic mass is 35.5. The Balaban J connectivity index is 2.21. The van der Waals surface area contributed by atoms with Crippen molar-refractivity contribution in [1.82, 2.24) is 4.98 Å².